The topological polar surface area (TPSA) is 66.5 Å². The van der Waals surface area contributed by atoms with Crippen molar-refractivity contribution in [2.24, 2.45) is 0 Å². The van der Waals surface area contributed by atoms with E-state index in [2.05, 4.69) is 5.32 Å². The van der Waals surface area contributed by atoms with E-state index < -0.39 is 10.0 Å². The number of nitrogens with zero attached hydrogens (tertiary/aromatic N) is 1. The molecule has 5 nitrogen and oxygen atoms in total. The fourth-order valence-electron chi connectivity index (χ4n) is 1.85. The van der Waals surface area contributed by atoms with Crippen LogP contribution in [-0.2, 0) is 14.8 Å². The summed E-state index contributed by atoms with van der Waals surface area (Å²) in [6, 6.07) is 0.352. The van der Waals surface area contributed by atoms with Crippen molar-refractivity contribution in [2.45, 2.75) is 38.1 Å². The molecule has 16 heavy (non-hydrogen) atoms. The van der Waals surface area contributed by atoms with Gasteiger partial charge in [-0.15, -0.1) is 0 Å². The van der Waals surface area contributed by atoms with Crippen LogP contribution in [0.2, 0.25) is 0 Å². The van der Waals surface area contributed by atoms with Gasteiger partial charge in [0.05, 0.1) is 5.75 Å². The van der Waals surface area contributed by atoms with Crippen LogP contribution in [0.5, 0.6) is 0 Å². The fraction of sp³-hybridized carbons (Fsp3) is 0.900. The maximum atomic E-state index is 11.6. The van der Waals surface area contributed by atoms with Crippen LogP contribution in [0.3, 0.4) is 0 Å². The molecule has 0 aromatic rings. The minimum Gasteiger partial charge on any atom is -0.353 e. The van der Waals surface area contributed by atoms with E-state index in [4.69, 9.17) is 0 Å². The summed E-state index contributed by atoms with van der Waals surface area (Å²) in [7, 11) is -3.08. The minimum absolute atomic E-state index is 0.0247. The molecule has 2 aliphatic rings. The summed E-state index contributed by atoms with van der Waals surface area (Å²) in [5, 5.41) is 2.86. The largest absolute Gasteiger partial charge is 0.353 e. The summed E-state index contributed by atoms with van der Waals surface area (Å²) in [5.41, 5.74) is 0. The zero-order valence-electron chi connectivity index (χ0n) is 9.31. The van der Waals surface area contributed by atoms with Crippen molar-refractivity contribution >= 4 is 15.9 Å². The van der Waals surface area contributed by atoms with Crippen molar-refractivity contribution in [1.29, 1.82) is 0 Å². The molecule has 0 radical (unpaired) electrons. The van der Waals surface area contributed by atoms with E-state index in [1.807, 2.05) is 0 Å². The molecule has 1 aliphatic heterocycles. The molecular formula is C10H18N2O3S. The van der Waals surface area contributed by atoms with Crippen LogP contribution in [0.15, 0.2) is 0 Å². The first-order chi connectivity index (χ1) is 7.58. The third-order valence-electron chi connectivity index (χ3n) is 2.98. The molecule has 6 heteroatoms. The van der Waals surface area contributed by atoms with Crippen LogP contribution < -0.4 is 5.32 Å². The Morgan fingerprint density at radius 1 is 1.31 bits per heavy atom. The first kappa shape index (κ1) is 11.9. The van der Waals surface area contributed by atoms with Crippen LogP contribution in [0.25, 0.3) is 0 Å². The van der Waals surface area contributed by atoms with Crippen LogP contribution in [0.1, 0.15) is 32.1 Å². The van der Waals surface area contributed by atoms with Crippen LogP contribution in [0.4, 0.5) is 0 Å². The van der Waals surface area contributed by atoms with Gasteiger partial charge in [0.2, 0.25) is 15.9 Å². The fourth-order valence-corrected chi connectivity index (χ4v) is 3.45. The third kappa shape index (κ3) is 3.18. The predicted molar refractivity (Wildman–Crippen MR) is 60.4 cm³/mol. The lowest BCUT2D eigenvalue weighted by molar-refractivity contribution is -0.121. The standard InChI is InChI=1S/C10H18N2O3S/c13-10(11-9-3-4-9)5-7-12-6-1-2-8-16(12,14)15/h9H,1-8H2,(H,11,13). The average molecular weight is 246 g/mol. The molecule has 2 rings (SSSR count). The van der Waals surface area contributed by atoms with Gasteiger partial charge in [0.1, 0.15) is 0 Å². The van der Waals surface area contributed by atoms with Crippen molar-refractivity contribution in [3.05, 3.63) is 0 Å². The summed E-state index contributed by atoms with van der Waals surface area (Å²) in [5.74, 6) is 0.209. The summed E-state index contributed by atoms with van der Waals surface area (Å²) < 4.78 is 24.7. The van der Waals surface area contributed by atoms with E-state index in [1.165, 1.54) is 4.31 Å². The van der Waals surface area contributed by atoms with E-state index in [0.29, 0.717) is 19.1 Å². The van der Waals surface area contributed by atoms with Gasteiger partial charge >= 0.3 is 0 Å². The summed E-state index contributed by atoms with van der Waals surface area (Å²) >= 11 is 0. The predicted octanol–water partition coefficient (Wildman–Crippen LogP) is 0.0807. The monoisotopic (exact) mass is 246 g/mol. The van der Waals surface area contributed by atoms with E-state index in [0.717, 1.165) is 25.7 Å². The highest BCUT2D eigenvalue weighted by Gasteiger charge is 2.27. The van der Waals surface area contributed by atoms with Gasteiger partial charge in [0.15, 0.2) is 0 Å². The van der Waals surface area contributed by atoms with Crippen molar-refractivity contribution in [1.82, 2.24) is 9.62 Å². The van der Waals surface area contributed by atoms with Gasteiger partial charge in [-0.05, 0) is 25.7 Å². The summed E-state index contributed by atoms with van der Waals surface area (Å²) in [6.07, 6.45) is 4.06. The van der Waals surface area contributed by atoms with Gasteiger partial charge in [0.25, 0.3) is 0 Å². The van der Waals surface area contributed by atoms with Crippen molar-refractivity contribution < 1.29 is 13.2 Å². The Morgan fingerprint density at radius 2 is 2.06 bits per heavy atom. The molecule has 92 valence electrons. The molecule has 1 saturated carbocycles. The second-order valence-corrected chi connectivity index (χ2v) is 6.60. The van der Waals surface area contributed by atoms with E-state index in [1.54, 1.807) is 0 Å². The highest BCUT2D eigenvalue weighted by atomic mass is 32.2. The molecule has 0 bridgehead atoms. The lowest BCUT2D eigenvalue weighted by atomic mass is 10.3. The Labute approximate surface area is 96.2 Å². The van der Waals surface area contributed by atoms with Crippen molar-refractivity contribution in [3.8, 4) is 0 Å². The Bertz CT molecular complexity index is 362. The van der Waals surface area contributed by atoms with Gasteiger partial charge in [-0.3, -0.25) is 4.79 Å². The number of hydrogen-bond acceptors (Lipinski definition) is 3. The second-order valence-electron chi connectivity index (χ2n) is 4.51. The van der Waals surface area contributed by atoms with Gasteiger partial charge in [-0.1, -0.05) is 0 Å². The van der Waals surface area contributed by atoms with E-state index in [-0.39, 0.29) is 18.1 Å². The van der Waals surface area contributed by atoms with Gasteiger partial charge in [-0.25, -0.2) is 12.7 Å². The molecule has 0 aromatic heterocycles. The molecule has 1 amide bonds. The molecular weight excluding hydrogens is 228 g/mol. The molecule has 0 aromatic carbocycles. The number of nitrogens with one attached hydrogen (secondary N) is 1. The van der Waals surface area contributed by atoms with Gasteiger partial charge in [-0.2, -0.15) is 0 Å². The number of sulfonamides is 1. The van der Waals surface area contributed by atoms with E-state index in [9.17, 15) is 13.2 Å². The zero-order chi connectivity index (χ0) is 11.6. The Morgan fingerprint density at radius 3 is 2.69 bits per heavy atom. The molecule has 1 aliphatic carbocycles. The molecule has 0 unspecified atom stereocenters. The maximum absolute atomic E-state index is 11.6. The Balaban J connectivity index is 1.77. The molecule has 0 atom stereocenters. The van der Waals surface area contributed by atoms with Crippen LogP contribution >= 0.6 is 0 Å². The molecule has 2 fully saturated rings. The van der Waals surface area contributed by atoms with Crippen molar-refractivity contribution in [2.75, 3.05) is 18.8 Å². The third-order valence-corrected chi connectivity index (χ3v) is 4.94. The normalized spacial score (nSPS) is 25.2. The number of hydrogen-bond donors (Lipinski definition) is 1. The van der Waals surface area contributed by atoms with Crippen molar-refractivity contribution in [3.63, 3.8) is 0 Å². The number of carbonyl (C=O) groups excluding carboxylic acids is 1. The second kappa shape index (κ2) is 4.71. The highest BCUT2D eigenvalue weighted by Crippen LogP contribution is 2.19. The number of rotatable bonds is 4. The number of amides is 1. The Kier molecular flexibility index (Phi) is 3.49. The number of carbonyl (C=O) groups is 1. The van der Waals surface area contributed by atoms with Gasteiger partial charge < -0.3 is 5.32 Å². The average Bonchev–Trinajstić information content (AvgIpc) is 2.99. The SMILES string of the molecule is O=C(CCN1CCCCS1(=O)=O)NC1CC1. The highest BCUT2D eigenvalue weighted by molar-refractivity contribution is 7.89. The zero-order valence-corrected chi connectivity index (χ0v) is 10.1. The summed E-state index contributed by atoms with van der Waals surface area (Å²) in [4.78, 5) is 11.4. The molecule has 1 saturated heterocycles. The molecule has 1 heterocycles. The Hall–Kier alpha value is -0.620. The van der Waals surface area contributed by atoms with Crippen LogP contribution in [0, 0.1) is 0 Å². The first-order valence-corrected chi connectivity index (χ1v) is 7.46. The molecule has 0 spiro atoms. The van der Waals surface area contributed by atoms with E-state index >= 15 is 0 Å². The lowest BCUT2D eigenvalue weighted by Crippen LogP contribution is -2.40. The smallest absolute Gasteiger partial charge is 0.221 e. The van der Waals surface area contributed by atoms with Gasteiger partial charge in [0, 0.05) is 25.6 Å². The first-order valence-electron chi connectivity index (χ1n) is 5.85. The quantitative estimate of drug-likeness (QED) is 0.764. The van der Waals surface area contributed by atoms with Crippen LogP contribution in [-0.4, -0.2) is 43.5 Å². The minimum atomic E-state index is -3.08. The maximum Gasteiger partial charge on any atom is 0.221 e. The molecule has 1 N–H and O–H groups in total. The summed E-state index contributed by atoms with van der Waals surface area (Å²) in [6.45, 7) is 0.903. The lowest BCUT2D eigenvalue weighted by Gasteiger charge is -2.25.